The maximum atomic E-state index is 13.2. The molecule has 0 N–H and O–H groups in total. The van der Waals surface area contributed by atoms with Crippen LogP contribution in [0.2, 0.25) is 0 Å². The minimum atomic E-state index is -5.10. The summed E-state index contributed by atoms with van der Waals surface area (Å²) in [5, 5.41) is 7.05. The SMILES string of the molecule is Cc1cc(Cn2nnn(-c3cc(C(F)(F)F)cc(C(F)(F)F)c3)c2=O)ccc1N1C(=O)c2ccccc2C1=O. The van der Waals surface area contributed by atoms with E-state index in [2.05, 4.69) is 10.4 Å². The molecule has 0 aliphatic carbocycles. The van der Waals surface area contributed by atoms with Gasteiger partial charge in [0.05, 0.1) is 40.2 Å². The van der Waals surface area contributed by atoms with Gasteiger partial charge in [0.1, 0.15) is 0 Å². The predicted octanol–water partition coefficient (Wildman–Crippen LogP) is 4.62. The highest BCUT2D eigenvalue weighted by Gasteiger charge is 2.38. The molecule has 0 bridgehead atoms. The van der Waals surface area contributed by atoms with Crippen molar-refractivity contribution >= 4 is 17.5 Å². The van der Waals surface area contributed by atoms with Crippen molar-refractivity contribution in [3.05, 3.63) is 105 Å². The maximum Gasteiger partial charge on any atom is 0.416 e. The Morgan fingerprint density at radius 3 is 1.82 bits per heavy atom. The lowest BCUT2D eigenvalue weighted by Gasteiger charge is -2.17. The van der Waals surface area contributed by atoms with E-state index in [0.29, 0.717) is 33.6 Å². The second kappa shape index (κ2) is 8.92. The van der Waals surface area contributed by atoms with Crippen molar-refractivity contribution in [1.82, 2.24) is 19.8 Å². The lowest BCUT2D eigenvalue weighted by atomic mass is 10.1. The number of anilines is 1. The molecule has 200 valence electrons. The highest BCUT2D eigenvalue weighted by atomic mass is 19.4. The number of tetrazole rings is 1. The first kappa shape index (κ1) is 25.9. The van der Waals surface area contributed by atoms with Crippen molar-refractivity contribution in [2.75, 3.05) is 4.90 Å². The van der Waals surface area contributed by atoms with Crippen LogP contribution in [0.3, 0.4) is 0 Å². The van der Waals surface area contributed by atoms with Crippen LogP contribution in [-0.4, -0.2) is 31.6 Å². The molecule has 0 fully saturated rings. The number of halogens is 6. The highest BCUT2D eigenvalue weighted by Crippen LogP contribution is 2.37. The minimum absolute atomic E-state index is 0.0579. The van der Waals surface area contributed by atoms with Crippen LogP contribution in [-0.2, 0) is 18.9 Å². The monoisotopic (exact) mass is 547 g/mol. The van der Waals surface area contributed by atoms with Gasteiger partial charge in [-0.05, 0) is 64.9 Å². The van der Waals surface area contributed by atoms with Crippen LogP contribution in [0.25, 0.3) is 5.69 Å². The molecule has 3 aromatic carbocycles. The zero-order valence-corrected chi connectivity index (χ0v) is 19.7. The second-order valence-corrected chi connectivity index (χ2v) is 8.71. The summed E-state index contributed by atoms with van der Waals surface area (Å²) in [5.74, 6) is -0.991. The number of aromatic nitrogens is 4. The third kappa shape index (κ3) is 4.57. The van der Waals surface area contributed by atoms with E-state index in [4.69, 9.17) is 0 Å². The number of hydrogen-bond donors (Lipinski definition) is 0. The lowest BCUT2D eigenvalue weighted by Crippen LogP contribution is -2.30. The highest BCUT2D eigenvalue weighted by molar-refractivity contribution is 6.34. The molecule has 5 rings (SSSR count). The number of aryl methyl sites for hydroxylation is 1. The minimum Gasteiger partial charge on any atom is -0.268 e. The van der Waals surface area contributed by atoms with Gasteiger partial charge in [-0.15, -0.1) is 0 Å². The van der Waals surface area contributed by atoms with E-state index in [1.165, 1.54) is 24.3 Å². The number of nitrogens with zero attached hydrogens (tertiary/aromatic N) is 5. The maximum absolute atomic E-state index is 13.2. The molecule has 0 unspecified atom stereocenters. The standard InChI is InChI=1S/C25H15F6N5O3/c1-13-8-14(6-7-20(13)35-21(37)18-4-2-3-5-19(18)22(35)38)12-34-23(39)36(33-32-34)17-10-15(24(26,27)28)9-16(11-17)25(29,30)31/h2-11H,12H2,1H3. The van der Waals surface area contributed by atoms with E-state index in [9.17, 15) is 40.7 Å². The van der Waals surface area contributed by atoms with E-state index < -0.39 is 46.7 Å². The van der Waals surface area contributed by atoms with Crippen LogP contribution < -0.4 is 10.6 Å². The van der Waals surface area contributed by atoms with Crippen molar-refractivity contribution in [3.8, 4) is 5.69 Å². The number of carbonyl (C=O) groups excluding carboxylic acids is 2. The van der Waals surface area contributed by atoms with Crippen LogP contribution >= 0.6 is 0 Å². The molecule has 1 aliphatic heterocycles. The summed E-state index contributed by atoms with van der Waals surface area (Å²) in [6.45, 7) is 1.39. The van der Waals surface area contributed by atoms with Gasteiger partial charge in [-0.2, -0.15) is 35.7 Å². The van der Waals surface area contributed by atoms with Gasteiger partial charge in [0, 0.05) is 0 Å². The summed E-state index contributed by atoms with van der Waals surface area (Å²) in [7, 11) is 0. The first-order chi connectivity index (χ1) is 18.3. The Kier molecular flexibility index (Phi) is 5.92. The Morgan fingerprint density at radius 2 is 1.31 bits per heavy atom. The van der Waals surface area contributed by atoms with E-state index in [-0.39, 0.29) is 23.7 Å². The molecule has 1 aromatic heterocycles. The average Bonchev–Trinajstić information content (AvgIpc) is 3.35. The Labute approximate surface area is 214 Å². The van der Waals surface area contributed by atoms with Crippen LogP contribution in [0.1, 0.15) is 43.0 Å². The van der Waals surface area contributed by atoms with Crippen molar-refractivity contribution in [2.24, 2.45) is 0 Å². The first-order valence-corrected chi connectivity index (χ1v) is 11.2. The van der Waals surface area contributed by atoms with Gasteiger partial charge >= 0.3 is 18.0 Å². The number of rotatable bonds is 4. The van der Waals surface area contributed by atoms with Gasteiger partial charge in [-0.25, -0.2) is 9.69 Å². The molecule has 0 spiro atoms. The Morgan fingerprint density at radius 1 is 0.744 bits per heavy atom. The molecular weight excluding hydrogens is 532 g/mol. The van der Waals surface area contributed by atoms with Crippen molar-refractivity contribution in [3.63, 3.8) is 0 Å². The van der Waals surface area contributed by atoms with Gasteiger partial charge in [-0.3, -0.25) is 9.59 Å². The molecule has 1 aliphatic rings. The molecule has 4 aromatic rings. The van der Waals surface area contributed by atoms with Gasteiger partial charge < -0.3 is 0 Å². The summed E-state index contributed by atoms with van der Waals surface area (Å²) in [6.07, 6.45) is -10.2. The molecule has 0 saturated heterocycles. The Bertz CT molecular complexity index is 1640. The molecule has 0 atom stereocenters. The molecule has 2 amide bonds. The summed E-state index contributed by atoms with van der Waals surface area (Å²) < 4.78 is 80.4. The fourth-order valence-corrected chi connectivity index (χ4v) is 4.24. The summed E-state index contributed by atoms with van der Waals surface area (Å²) >= 11 is 0. The summed E-state index contributed by atoms with van der Waals surface area (Å²) in [4.78, 5) is 39.4. The third-order valence-corrected chi connectivity index (χ3v) is 6.08. The quantitative estimate of drug-likeness (QED) is 0.275. The number of fused-ring (bicyclic) bond motifs is 1. The smallest absolute Gasteiger partial charge is 0.268 e. The van der Waals surface area contributed by atoms with Gasteiger partial charge in [-0.1, -0.05) is 24.3 Å². The van der Waals surface area contributed by atoms with Gasteiger partial charge in [0.2, 0.25) is 0 Å². The van der Waals surface area contributed by atoms with Crippen LogP contribution in [0, 0.1) is 6.92 Å². The van der Waals surface area contributed by atoms with Crippen LogP contribution in [0.15, 0.2) is 65.5 Å². The summed E-state index contributed by atoms with van der Waals surface area (Å²) in [6, 6.07) is 11.6. The van der Waals surface area contributed by atoms with E-state index in [0.717, 1.165) is 9.58 Å². The molecule has 0 radical (unpaired) electrons. The Balaban J connectivity index is 1.45. The normalized spacial score (nSPS) is 13.8. The van der Waals surface area contributed by atoms with Crippen molar-refractivity contribution < 1.29 is 35.9 Å². The fraction of sp³-hybridized carbons (Fsp3) is 0.160. The van der Waals surface area contributed by atoms with E-state index in [1.54, 1.807) is 25.1 Å². The van der Waals surface area contributed by atoms with Gasteiger partial charge in [0.15, 0.2) is 0 Å². The van der Waals surface area contributed by atoms with E-state index in [1.807, 2.05) is 0 Å². The van der Waals surface area contributed by atoms with E-state index >= 15 is 0 Å². The van der Waals surface area contributed by atoms with Crippen molar-refractivity contribution in [1.29, 1.82) is 0 Å². The molecule has 2 heterocycles. The first-order valence-electron chi connectivity index (χ1n) is 11.2. The fourth-order valence-electron chi connectivity index (χ4n) is 4.24. The number of hydrogen-bond acceptors (Lipinski definition) is 5. The summed E-state index contributed by atoms with van der Waals surface area (Å²) in [5.41, 5.74) is -3.27. The van der Waals surface area contributed by atoms with Gasteiger partial charge in [0.25, 0.3) is 11.8 Å². The number of amides is 2. The predicted molar refractivity (Wildman–Crippen MR) is 123 cm³/mol. The molecule has 0 saturated carbocycles. The Hall–Kier alpha value is -4.75. The lowest BCUT2D eigenvalue weighted by molar-refractivity contribution is -0.143. The van der Waals surface area contributed by atoms with Crippen molar-refractivity contribution in [2.45, 2.75) is 25.8 Å². The van der Waals surface area contributed by atoms with Crippen LogP contribution in [0.5, 0.6) is 0 Å². The molecular formula is C25H15F6N5O3. The third-order valence-electron chi connectivity index (χ3n) is 6.08. The number of imide groups is 1. The topological polar surface area (TPSA) is 90.1 Å². The number of alkyl halides is 6. The second-order valence-electron chi connectivity index (χ2n) is 8.71. The zero-order valence-electron chi connectivity index (χ0n) is 19.7. The van der Waals surface area contributed by atoms with Crippen LogP contribution in [0.4, 0.5) is 32.0 Å². The number of benzene rings is 3. The average molecular weight is 547 g/mol. The molecule has 14 heteroatoms. The molecule has 39 heavy (non-hydrogen) atoms. The molecule has 8 nitrogen and oxygen atoms in total. The zero-order chi connectivity index (χ0) is 28.3. The largest absolute Gasteiger partial charge is 0.416 e. The number of carbonyl (C=O) groups is 2.